The lowest BCUT2D eigenvalue weighted by Gasteiger charge is -2.35. The monoisotopic (exact) mass is 385 g/mol. The summed E-state index contributed by atoms with van der Waals surface area (Å²) in [6.07, 6.45) is 2.24. The third kappa shape index (κ3) is 4.30. The van der Waals surface area contributed by atoms with Crippen LogP contribution in [-0.2, 0) is 11.2 Å². The van der Waals surface area contributed by atoms with Gasteiger partial charge in [0.1, 0.15) is 12.4 Å². The Balaban J connectivity index is 1.27. The first-order valence-corrected chi connectivity index (χ1v) is 9.85. The van der Waals surface area contributed by atoms with Gasteiger partial charge in [0.2, 0.25) is 5.91 Å². The van der Waals surface area contributed by atoms with Crippen LogP contribution < -0.4 is 15.0 Å². The summed E-state index contributed by atoms with van der Waals surface area (Å²) < 4.78 is 5.90. The van der Waals surface area contributed by atoms with Crippen molar-refractivity contribution in [1.82, 2.24) is 4.90 Å². The van der Waals surface area contributed by atoms with Crippen LogP contribution in [0, 0.1) is 0 Å². The lowest BCUT2D eigenvalue weighted by molar-refractivity contribution is -0.131. The third-order valence-corrected chi connectivity index (χ3v) is 5.41. The number of anilines is 2. The van der Waals surface area contributed by atoms with Gasteiger partial charge in [-0.25, -0.2) is 0 Å². The molecule has 0 radical (unpaired) electrons. The minimum absolute atomic E-state index is 0.134. The summed E-state index contributed by atoms with van der Waals surface area (Å²) in [6.45, 7) is 4.09. The molecule has 0 spiro atoms. The SMILES string of the molecule is O=C1CN(c2ccc(Cl)cc2)CCN1CCOc1ccc2c(c1)CCCN2. The molecular formula is C21H24ClN3O2. The van der Waals surface area contributed by atoms with E-state index >= 15 is 0 Å². The van der Waals surface area contributed by atoms with Crippen molar-refractivity contribution in [2.75, 3.05) is 49.5 Å². The van der Waals surface area contributed by atoms with Gasteiger partial charge in [-0.1, -0.05) is 11.6 Å². The number of amides is 1. The molecular weight excluding hydrogens is 362 g/mol. The van der Waals surface area contributed by atoms with E-state index in [4.69, 9.17) is 16.3 Å². The summed E-state index contributed by atoms with van der Waals surface area (Å²) >= 11 is 5.94. The van der Waals surface area contributed by atoms with E-state index in [2.05, 4.69) is 22.3 Å². The zero-order chi connectivity index (χ0) is 18.6. The lowest BCUT2D eigenvalue weighted by Crippen LogP contribution is -2.51. The fourth-order valence-corrected chi connectivity index (χ4v) is 3.76. The molecule has 2 aromatic rings. The second-order valence-corrected chi connectivity index (χ2v) is 7.41. The summed E-state index contributed by atoms with van der Waals surface area (Å²) in [5.74, 6) is 1.01. The third-order valence-electron chi connectivity index (χ3n) is 5.16. The maximum atomic E-state index is 12.5. The van der Waals surface area contributed by atoms with Crippen LogP contribution in [-0.4, -0.2) is 50.1 Å². The van der Waals surface area contributed by atoms with E-state index in [9.17, 15) is 4.79 Å². The topological polar surface area (TPSA) is 44.8 Å². The van der Waals surface area contributed by atoms with Crippen molar-refractivity contribution in [2.45, 2.75) is 12.8 Å². The van der Waals surface area contributed by atoms with Gasteiger partial charge in [-0.05, 0) is 60.9 Å². The molecule has 0 bridgehead atoms. The fourth-order valence-electron chi connectivity index (χ4n) is 3.63. The van der Waals surface area contributed by atoms with Crippen molar-refractivity contribution in [2.24, 2.45) is 0 Å². The molecule has 1 amide bonds. The highest BCUT2D eigenvalue weighted by Gasteiger charge is 2.24. The van der Waals surface area contributed by atoms with E-state index in [1.165, 1.54) is 11.3 Å². The first kappa shape index (κ1) is 18.0. The molecule has 0 aromatic heterocycles. The average Bonchev–Trinajstić information content (AvgIpc) is 2.70. The molecule has 2 heterocycles. The number of benzene rings is 2. The minimum Gasteiger partial charge on any atom is -0.492 e. The van der Waals surface area contributed by atoms with Gasteiger partial charge in [-0.2, -0.15) is 0 Å². The van der Waals surface area contributed by atoms with Crippen molar-refractivity contribution in [3.05, 3.63) is 53.1 Å². The number of carbonyl (C=O) groups is 1. The lowest BCUT2D eigenvalue weighted by atomic mass is 10.0. The van der Waals surface area contributed by atoms with E-state index in [-0.39, 0.29) is 5.91 Å². The van der Waals surface area contributed by atoms with Crippen molar-refractivity contribution in [3.63, 3.8) is 0 Å². The fraction of sp³-hybridized carbons (Fsp3) is 0.381. The van der Waals surface area contributed by atoms with Crippen molar-refractivity contribution >= 4 is 28.9 Å². The number of ether oxygens (including phenoxy) is 1. The molecule has 142 valence electrons. The zero-order valence-corrected chi connectivity index (χ0v) is 16.0. The molecule has 0 atom stereocenters. The zero-order valence-electron chi connectivity index (χ0n) is 15.3. The molecule has 1 saturated heterocycles. The standard InChI is InChI=1S/C21H24ClN3O2/c22-17-3-5-18(6-4-17)25-11-10-24(21(26)15-25)12-13-27-19-7-8-20-16(14-19)2-1-9-23-20/h3-8,14,23H,1-2,9-13,15H2. The Bertz CT molecular complexity index is 810. The highest BCUT2D eigenvalue weighted by molar-refractivity contribution is 6.30. The maximum Gasteiger partial charge on any atom is 0.242 e. The van der Waals surface area contributed by atoms with Crippen LogP contribution >= 0.6 is 11.6 Å². The average molecular weight is 386 g/mol. The van der Waals surface area contributed by atoms with Crippen LogP contribution in [0.3, 0.4) is 0 Å². The summed E-state index contributed by atoms with van der Waals surface area (Å²) in [7, 11) is 0. The van der Waals surface area contributed by atoms with E-state index in [0.717, 1.165) is 37.4 Å². The molecule has 1 fully saturated rings. The predicted octanol–water partition coefficient (Wildman–Crippen LogP) is 3.43. The number of carbonyl (C=O) groups excluding carboxylic acids is 1. The summed E-state index contributed by atoms with van der Waals surface area (Å²) in [5, 5.41) is 4.11. The number of nitrogens with one attached hydrogen (secondary N) is 1. The number of piperazine rings is 1. The number of halogens is 1. The predicted molar refractivity (Wildman–Crippen MR) is 109 cm³/mol. The Kier molecular flexibility index (Phi) is 5.39. The van der Waals surface area contributed by atoms with Crippen molar-refractivity contribution in [1.29, 1.82) is 0 Å². The molecule has 2 aromatic carbocycles. The molecule has 27 heavy (non-hydrogen) atoms. The van der Waals surface area contributed by atoms with Gasteiger partial charge in [-0.3, -0.25) is 4.79 Å². The van der Waals surface area contributed by atoms with Gasteiger partial charge in [0, 0.05) is 36.0 Å². The van der Waals surface area contributed by atoms with Gasteiger partial charge >= 0.3 is 0 Å². The van der Waals surface area contributed by atoms with E-state index in [1.54, 1.807) is 0 Å². The molecule has 6 heteroatoms. The molecule has 0 aliphatic carbocycles. The number of hydrogen-bond donors (Lipinski definition) is 1. The normalized spacial score (nSPS) is 16.7. The Morgan fingerprint density at radius 1 is 1.11 bits per heavy atom. The summed E-state index contributed by atoms with van der Waals surface area (Å²) in [6, 6.07) is 13.8. The first-order valence-electron chi connectivity index (χ1n) is 9.47. The number of fused-ring (bicyclic) bond motifs is 1. The van der Waals surface area contributed by atoms with Crippen molar-refractivity contribution < 1.29 is 9.53 Å². The van der Waals surface area contributed by atoms with Crippen LogP contribution in [0.1, 0.15) is 12.0 Å². The summed E-state index contributed by atoms with van der Waals surface area (Å²) in [5.41, 5.74) is 3.56. The number of aryl methyl sites for hydroxylation is 1. The molecule has 0 unspecified atom stereocenters. The van der Waals surface area contributed by atoms with Crippen LogP contribution in [0.15, 0.2) is 42.5 Å². The first-order chi connectivity index (χ1) is 13.2. The quantitative estimate of drug-likeness (QED) is 0.856. The largest absolute Gasteiger partial charge is 0.492 e. The van der Waals surface area contributed by atoms with E-state index in [1.807, 2.05) is 35.2 Å². The maximum absolute atomic E-state index is 12.5. The van der Waals surface area contributed by atoms with Gasteiger partial charge < -0.3 is 19.9 Å². The molecule has 2 aliphatic heterocycles. The van der Waals surface area contributed by atoms with Crippen LogP contribution in [0.25, 0.3) is 0 Å². The number of nitrogens with zero attached hydrogens (tertiary/aromatic N) is 2. The number of hydrogen-bond acceptors (Lipinski definition) is 4. The Hall–Kier alpha value is -2.40. The minimum atomic E-state index is 0.134. The van der Waals surface area contributed by atoms with Gasteiger partial charge in [0.25, 0.3) is 0 Å². The second-order valence-electron chi connectivity index (χ2n) is 6.98. The van der Waals surface area contributed by atoms with Crippen molar-refractivity contribution in [3.8, 4) is 5.75 Å². The van der Waals surface area contributed by atoms with Crippen LogP contribution in [0.5, 0.6) is 5.75 Å². The van der Waals surface area contributed by atoms with Gasteiger partial charge in [0.05, 0.1) is 13.1 Å². The molecule has 4 rings (SSSR count). The molecule has 5 nitrogen and oxygen atoms in total. The van der Waals surface area contributed by atoms with Gasteiger partial charge in [0.15, 0.2) is 0 Å². The molecule has 0 saturated carbocycles. The second kappa shape index (κ2) is 8.09. The molecule has 2 aliphatic rings. The van der Waals surface area contributed by atoms with Crippen LogP contribution in [0.4, 0.5) is 11.4 Å². The smallest absolute Gasteiger partial charge is 0.242 e. The highest BCUT2D eigenvalue weighted by Crippen LogP contribution is 2.26. The Morgan fingerprint density at radius 2 is 1.96 bits per heavy atom. The highest BCUT2D eigenvalue weighted by atomic mass is 35.5. The number of rotatable bonds is 5. The van der Waals surface area contributed by atoms with E-state index < -0.39 is 0 Å². The van der Waals surface area contributed by atoms with E-state index in [0.29, 0.717) is 31.3 Å². The van der Waals surface area contributed by atoms with Gasteiger partial charge in [-0.15, -0.1) is 0 Å². The Labute approximate surface area is 164 Å². The molecule has 1 N–H and O–H groups in total. The Morgan fingerprint density at radius 3 is 2.78 bits per heavy atom. The van der Waals surface area contributed by atoms with Crippen LogP contribution in [0.2, 0.25) is 5.02 Å². The summed E-state index contributed by atoms with van der Waals surface area (Å²) in [4.78, 5) is 16.4.